The second-order valence-corrected chi connectivity index (χ2v) is 6.58. The van der Waals surface area contributed by atoms with Gasteiger partial charge in [-0.05, 0) is 14.1 Å². The Morgan fingerprint density at radius 1 is 1.62 bits per heavy atom. The highest BCUT2D eigenvalue weighted by Crippen LogP contribution is 2.52. The Kier molecular flexibility index (Phi) is 4.97. The van der Waals surface area contributed by atoms with Gasteiger partial charge in [0.15, 0.2) is 0 Å². The molecule has 1 rings (SSSR count). The molecule has 3 unspecified atom stereocenters. The van der Waals surface area contributed by atoms with Crippen LogP contribution in [0.15, 0.2) is 0 Å². The number of aliphatic hydroxyl groups excluding tert-OH is 1. The van der Waals surface area contributed by atoms with Crippen LogP contribution in [0.25, 0.3) is 0 Å². The third-order valence-corrected chi connectivity index (χ3v) is 5.00. The van der Waals surface area contributed by atoms with E-state index in [2.05, 4.69) is 0 Å². The highest BCUT2D eigenvalue weighted by molar-refractivity contribution is 7.53. The fourth-order valence-electron chi connectivity index (χ4n) is 1.69. The molecule has 1 aliphatic rings. The number of hydrogen-bond acceptors (Lipinski definition) is 4. The van der Waals surface area contributed by atoms with Gasteiger partial charge in [-0.1, -0.05) is 0 Å². The van der Waals surface area contributed by atoms with Crippen LogP contribution < -0.4 is 0 Å². The molecule has 0 bridgehead atoms. The van der Waals surface area contributed by atoms with Gasteiger partial charge < -0.3 is 14.4 Å². The van der Waals surface area contributed by atoms with Crippen LogP contribution in [0, 0.1) is 0 Å². The van der Waals surface area contributed by atoms with Gasteiger partial charge in [0, 0.05) is 26.2 Å². The molecule has 0 aromatic carbocycles. The molecule has 0 aromatic heterocycles. The van der Waals surface area contributed by atoms with Gasteiger partial charge in [-0.3, -0.25) is 4.57 Å². The maximum absolute atomic E-state index is 12.5. The molecule has 0 spiro atoms. The van der Waals surface area contributed by atoms with E-state index < -0.39 is 19.8 Å². The number of aliphatic hydroxyl groups is 1. The van der Waals surface area contributed by atoms with Crippen molar-refractivity contribution >= 4 is 15.5 Å². The Morgan fingerprint density at radius 2 is 2.25 bits per heavy atom. The first-order valence-electron chi connectivity index (χ1n) is 5.05. The fraction of sp³-hybridized carbons (Fsp3) is 1.00. The third kappa shape index (κ3) is 2.86. The van der Waals surface area contributed by atoms with E-state index >= 15 is 0 Å². The highest BCUT2D eigenvalue weighted by atomic mass is 31.2. The lowest BCUT2D eigenvalue weighted by atomic mass is 9.98. The average molecular weight is 248 g/mol. The quantitative estimate of drug-likeness (QED) is 0.534. The lowest BCUT2D eigenvalue weighted by molar-refractivity contribution is -0.0544. The maximum Gasteiger partial charge on any atom is 0.345 e. The van der Waals surface area contributed by atoms with Crippen LogP contribution in [0.1, 0.15) is 0 Å². The Morgan fingerprint density at radius 3 is 2.69 bits per heavy atom. The molecule has 92 valence electrons. The molecule has 3 atom stereocenters. The zero-order valence-corrected chi connectivity index (χ0v) is 10.8. The molecule has 16 heavy (non-hydrogen) atoms. The summed E-state index contributed by atoms with van der Waals surface area (Å²) in [7, 11) is 7.39. The van der Waals surface area contributed by atoms with E-state index in [9.17, 15) is 4.57 Å². The zero-order valence-electron chi connectivity index (χ0n) is 9.87. The van der Waals surface area contributed by atoms with Crippen molar-refractivity contribution in [2.75, 3.05) is 40.9 Å². The van der Waals surface area contributed by atoms with E-state index in [1.807, 2.05) is 0 Å². The minimum Gasteiger partial charge on any atom is -0.394 e. The van der Waals surface area contributed by atoms with Gasteiger partial charge in [0.1, 0.15) is 7.85 Å². The third-order valence-electron chi connectivity index (χ3n) is 2.48. The summed E-state index contributed by atoms with van der Waals surface area (Å²) in [6.07, 6.45) is -0.424. The molecule has 0 aliphatic carbocycles. The maximum atomic E-state index is 12.5. The van der Waals surface area contributed by atoms with Crippen LogP contribution in [0.3, 0.4) is 0 Å². The number of hydrogen-bond donors (Lipinski definition) is 1. The van der Waals surface area contributed by atoms with Crippen molar-refractivity contribution in [2.45, 2.75) is 12.1 Å². The van der Waals surface area contributed by atoms with Crippen LogP contribution in [-0.2, 0) is 13.8 Å². The van der Waals surface area contributed by atoms with Crippen LogP contribution in [0.2, 0.25) is 0 Å². The largest absolute Gasteiger partial charge is 0.394 e. The first-order chi connectivity index (χ1) is 7.43. The second-order valence-electron chi connectivity index (χ2n) is 3.87. The van der Waals surface area contributed by atoms with Crippen molar-refractivity contribution in [3.8, 4) is 0 Å². The van der Waals surface area contributed by atoms with Crippen molar-refractivity contribution in [1.29, 1.82) is 0 Å². The minimum atomic E-state index is -3.04. The van der Waals surface area contributed by atoms with Crippen molar-refractivity contribution in [3.63, 3.8) is 0 Å². The summed E-state index contributed by atoms with van der Waals surface area (Å²) in [5.41, 5.74) is 0. The van der Waals surface area contributed by atoms with Gasteiger partial charge >= 0.3 is 7.67 Å². The number of ether oxygens (including phenoxy) is 1. The first kappa shape index (κ1) is 14.2. The smallest absolute Gasteiger partial charge is 0.345 e. The fourth-order valence-corrected chi connectivity index (χ4v) is 3.51. The predicted molar refractivity (Wildman–Crippen MR) is 61.4 cm³/mol. The molecule has 2 radical (unpaired) electrons. The van der Waals surface area contributed by atoms with Crippen LogP contribution in [0.4, 0.5) is 0 Å². The van der Waals surface area contributed by atoms with Gasteiger partial charge in [0.25, 0.3) is 0 Å². The van der Waals surface area contributed by atoms with E-state index in [1.54, 1.807) is 18.8 Å². The van der Waals surface area contributed by atoms with Crippen molar-refractivity contribution < 1.29 is 18.9 Å². The predicted octanol–water partition coefficient (Wildman–Crippen LogP) is -0.510. The normalized spacial score (nSPS) is 31.6. The van der Waals surface area contributed by atoms with Crippen LogP contribution in [-0.4, -0.2) is 75.3 Å². The van der Waals surface area contributed by atoms with Gasteiger partial charge in [0.2, 0.25) is 0 Å². The topological polar surface area (TPSA) is 62.2 Å². The van der Waals surface area contributed by atoms with Crippen molar-refractivity contribution in [3.05, 3.63) is 0 Å². The number of rotatable bonds is 4. The van der Waals surface area contributed by atoms with Crippen molar-refractivity contribution in [1.82, 2.24) is 9.34 Å². The Hall–Kier alpha value is 0.0949. The summed E-state index contributed by atoms with van der Waals surface area (Å²) >= 11 is 0. The summed E-state index contributed by atoms with van der Waals surface area (Å²) in [5, 5.41) is 9.05. The zero-order chi connectivity index (χ0) is 12.3. The Bertz CT molecular complexity index is 279. The van der Waals surface area contributed by atoms with Gasteiger partial charge in [-0.25, -0.2) is 9.34 Å². The molecule has 1 fully saturated rings. The molecule has 0 aromatic rings. The van der Waals surface area contributed by atoms with Crippen molar-refractivity contribution in [2.24, 2.45) is 0 Å². The van der Waals surface area contributed by atoms with E-state index in [0.717, 1.165) is 0 Å². The van der Waals surface area contributed by atoms with E-state index in [1.165, 1.54) is 11.8 Å². The lowest BCUT2D eigenvalue weighted by Crippen LogP contribution is -2.49. The lowest BCUT2D eigenvalue weighted by Gasteiger charge is -2.41. The molecular weight excluding hydrogens is 230 g/mol. The molecule has 1 saturated heterocycles. The number of morpholine rings is 1. The summed E-state index contributed by atoms with van der Waals surface area (Å²) in [6, 6.07) is -0.561. The molecule has 1 N–H and O–H groups in total. The Labute approximate surface area is 97.5 Å². The Balaban J connectivity index is 2.81. The monoisotopic (exact) mass is 248 g/mol. The molecule has 8 heteroatoms. The molecular formula is C8H18BN2O4P. The molecule has 0 amide bonds. The first-order valence-corrected chi connectivity index (χ1v) is 6.58. The summed E-state index contributed by atoms with van der Waals surface area (Å²) in [5.74, 6) is 0. The summed E-state index contributed by atoms with van der Waals surface area (Å²) in [4.78, 5) is 0. The summed E-state index contributed by atoms with van der Waals surface area (Å²) < 4.78 is 26.0. The van der Waals surface area contributed by atoms with Gasteiger partial charge in [-0.2, -0.15) is 0 Å². The second kappa shape index (κ2) is 5.62. The molecule has 1 heterocycles. The van der Waals surface area contributed by atoms with E-state index in [4.69, 9.17) is 22.2 Å². The molecule has 0 saturated carbocycles. The molecule has 6 nitrogen and oxygen atoms in total. The SMILES string of the molecule is [B]C1CN(P(=O)(OC)N(C)C)CC(CO)O1. The number of nitrogens with zero attached hydrogens (tertiary/aromatic N) is 2. The van der Waals surface area contributed by atoms with E-state index in [-0.39, 0.29) is 6.61 Å². The standard InChI is InChI=1S/C8H18BN2O4P/c1-10(2)16(13,14-3)11-4-7(6-12)15-8(9)5-11/h7-8,12H,4-6H2,1-3H3. The van der Waals surface area contributed by atoms with Gasteiger partial charge in [-0.15, -0.1) is 0 Å². The van der Waals surface area contributed by atoms with Crippen LogP contribution in [0.5, 0.6) is 0 Å². The van der Waals surface area contributed by atoms with Gasteiger partial charge in [0.05, 0.1) is 12.7 Å². The average Bonchev–Trinajstić information content (AvgIpc) is 2.26. The molecule has 1 aliphatic heterocycles. The summed E-state index contributed by atoms with van der Waals surface area (Å²) in [6.45, 7) is 0.509. The van der Waals surface area contributed by atoms with Crippen LogP contribution >= 0.6 is 7.67 Å². The minimum absolute atomic E-state index is 0.151. The highest BCUT2D eigenvalue weighted by Gasteiger charge is 2.39. The van der Waals surface area contributed by atoms with E-state index in [0.29, 0.717) is 13.1 Å².